The molecule has 0 radical (unpaired) electrons. The molecule has 3 N–H and O–H groups in total. The van der Waals surface area contributed by atoms with Gasteiger partial charge in [0.1, 0.15) is 6.61 Å². The number of rotatable bonds is 7. The molecule has 0 unspecified atom stereocenters. The summed E-state index contributed by atoms with van der Waals surface area (Å²) in [6.07, 6.45) is 4.22. The quantitative estimate of drug-likeness (QED) is 0.530. The molecule has 1 aliphatic rings. The highest BCUT2D eigenvalue weighted by Gasteiger charge is 2.19. The Labute approximate surface area is 190 Å². The lowest BCUT2D eigenvalue weighted by molar-refractivity contribution is 0.0161. The Balaban J connectivity index is 1.56. The lowest BCUT2D eigenvalue weighted by Gasteiger charge is -2.13. The van der Waals surface area contributed by atoms with E-state index in [9.17, 15) is 14.0 Å². The van der Waals surface area contributed by atoms with E-state index in [-0.39, 0.29) is 24.9 Å². The summed E-state index contributed by atoms with van der Waals surface area (Å²) in [4.78, 5) is 28.9. The zero-order valence-electron chi connectivity index (χ0n) is 17.9. The van der Waals surface area contributed by atoms with Gasteiger partial charge in [0.25, 0.3) is 5.91 Å². The molecule has 0 saturated carbocycles. The van der Waals surface area contributed by atoms with Crippen molar-refractivity contribution in [2.24, 2.45) is 5.73 Å². The van der Waals surface area contributed by atoms with Gasteiger partial charge in [0.2, 0.25) is 0 Å². The predicted molar refractivity (Wildman–Crippen MR) is 121 cm³/mol. The highest BCUT2D eigenvalue weighted by atomic mass is 19.1. The molecule has 7 nitrogen and oxygen atoms in total. The number of nitrogens with one attached hydrogen (secondary N) is 1. The van der Waals surface area contributed by atoms with Gasteiger partial charge in [0, 0.05) is 24.9 Å². The Bertz CT molecular complexity index is 1160. The number of hydrogen-bond acceptors (Lipinski definition) is 6. The van der Waals surface area contributed by atoms with Crippen LogP contribution < -0.4 is 11.1 Å². The van der Waals surface area contributed by atoms with Crippen LogP contribution in [0.3, 0.4) is 0 Å². The average Bonchev–Trinajstić information content (AvgIpc) is 3.37. The minimum Gasteiger partial charge on any atom is -0.459 e. The molecule has 1 aromatic heterocycles. The highest BCUT2D eigenvalue weighted by Crippen LogP contribution is 2.27. The maximum Gasteiger partial charge on any atom is 0.338 e. The van der Waals surface area contributed by atoms with Crippen LogP contribution >= 0.6 is 0 Å². The molecule has 1 aliphatic heterocycles. The fraction of sp³-hybridized carbons (Fsp3) is 0.240. The van der Waals surface area contributed by atoms with Gasteiger partial charge in [-0.15, -0.1) is 0 Å². The van der Waals surface area contributed by atoms with E-state index >= 15 is 0 Å². The topological polar surface area (TPSA) is 104 Å². The van der Waals surface area contributed by atoms with E-state index in [0.29, 0.717) is 28.9 Å². The molecular formula is C25H24FN3O4. The van der Waals surface area contributed by atoms with Crippen LogP contribution in [-0.2, 0) is 16.0 Å². The molecule has 1 saturated heterocycles. The Morgan fingerprint density at radius 3 is 2.82 bits per heavy atom. The van der Waals surface area contributed by atoms with Crippen molar-refractivity contribution in [1.29, 1.82) is 0 Å². The van der Waals surface area contributed by atoms with Crippen molar-refractivity contribution in [3.05, 3.63) is 83.4 Å². The van der Waals surface area contributed by atoms with Gasteiger partial charge >= 0.3 is 5.97 Å². The zero-order valence-corrected chi connectivity index (χ0v) is 17.9. The summed E-state index contributed by atoms with van der Waals surface area (Å²) in [6, 6.07) is 13.4. The van der Waals surface area contributed by atoms with Crippen LogP contribution in [0, 0.1) is 5.82 Å². The number of benzene rings is 2. The minimum atomic E-state index is -0.626. The first-order valence-electron chi connectivity index (χ1n) is 10.7. The largest absolute Gasteiger partial charge is 0.459 e. The molecule has 0 aliphatic carbocycles. The van der Waals surface area contributed by atoms with Crippen LogP contribution in [0.5, 0.6) is 0 Å². The molecule has 0 spiro atoms. The van der Waals surface area contributed by atoms with Gasteiger partial charge in [-0.3, -0.25) is 9.78 Å². The maximum atomic E-state index is 13.9. The summed E-state index contributed by atoms with van der Waals surface area (Å²) in [5.74, 6) is -1.54. The molecule has 170 valence electrons. The number of nitrogens with zero attached hydrogens (tertiary/aromatic N) is 1. The monoisotopic (exact) mass is 449 g/mol. The number of carbonyl (C=O) groups excluding carboxylic acids is 2. The van der Waals surface area contributed by atoms with Gasteiger partial charge in [0.15, 0.2) is 5.82 Å². The molecule has 3 aromatic rings. The molecule has 1 amide bonds. The van der Waals surface area contributed by atoms with Crippen molar-refractivity contribution < 1.29 is 23.5 Å². The Hall–Kier alpha value is -3.62. The van der Waals surface area contributed by atoms with Gasteiger partial charge in [-0.1, -0.05) is 18.2 Å². The van der Waals surface area contributed by atoms with E-state index in [1.165, 1.54) is 12.3 Å². The van der Waals surface area contributed by atoms with Crippen molar-refractivity contribution in [2.45, 2.75) is 25.5 Å². The van der Waals surface area contributed by atoms with Crippen molar-refractivity contribution >= 4 is 17.6 Å². The number of esters is 1. The summed E-state index contributed by atoms with van der Waals surface area (Å²) < 4.78 is 24.8. The SMILES string of the molecule is NCc1ccc(C(=O)Nc2ccncc2F)cc1-c1cccc(C(=O)OC[C@H]2CCCO2)c1. The Morgan fingerprint density at radius 1 is 1.18 bits per heavy atom. The van der Waals surface area contributed by atoms with Gasteiger partial charge in [-0.25, -0.2) is 9.18 Å². The van der Waals surface area contributed by atoms with Crippen molar-refractivity contribution in [3.63, 3.8) is 0 Å². The summed E-state index contributed by atoms with van der Waals surface area (Å²) >= 11 is 0. The fourth-order valence-corrected chi connectivity index (χ4v) is 3.68. The van der Waals surface area contributed by atoms with E-state index in [2.05, 4.69) is 10.3 Å². The lowest BCUT2D eigenvalue weighted by Crippen LogP contribution is -2.17. The number of carbonyl (C=O) groups is 2. The number of hydrogen-bond donors (Lipinski definition) is 2. The second-order valence-corrected chi connectivity index (χ2v) is 7.70. The predicted octanol–water partition coefficient (Wildman–Crippen LogP) is 3.93. The van der Waals surface area contributed by atoms with Crippen LogP contribution in [0.1, 0.15) is 39.1 Å². The lowest BCUT2D eigenvalue weighted by atomic mass is 9.95. The zero-order chi connectivity index (χ0) is 23.2. The van der Waals surface area contributed by atoms with Gasteiger partial charge in [-0.2, -0.15) is 0 Å². The van der Waals surface area contributed by atoms with Crippen LogP contribution in [0.4, 0.5) is 10.1 Å². The van der Waals surface area contributed by atoms with E-state index in [0.717, 1.165) is 24.6 Å². The second-order valence-electron chi connectivity index (χ2n) is 7.70. The Morgan fingerprint density at radius 2 is 2.06 bits per heavy atom. The smallest absolute Gasteiger partial charge is 0.338 e. The Kier molecular flexibility index (Phi) is 7.07. The maximum absolute atomic E-state index is 13.9. The number of nitrogens with two attached hydrogens (primary N) is 1. The first-order chi connectivity index (χ1) is 16.0. The molecule has 1 fully saturated rings. The number of anilines is 1. The fourth-order valence-electron chi connectivity index (χ4n) is 3.68. The first-order valence-corrected chi connectivity index (χ1v) is 10.7. The van der Waals surface area contributed by atoms with Gasteiger partial charge < -0.3 is 20.5 Å². The third-order valence-corrected chi connectivity index (χ3v) is 5.45. The van der Waals surface area contributed by atoms with Crippen LogP contribution in [0.2, 0.25) is 0 Å². The molecule has 0 bridgehead atoms. The molecule has 2 heterocycles. The van der Waals surface area contributed by atoms with Gasteiger partial charge in [-0.05, 0) is 59.9 Å². The minimum absolute atomic E-state index is 0.0374. The molecule has 4 rings (SSSR count). The number of halogens is 1. The van der Waals surface area contributed by atoms with E-state index in [1.807, 2.05) is 6.07 Å². The third kappa shape index (κ3) is 5.42. The van der Waals surface area contributed by atoms with E-state index < -0.39 is 17.7 Å². The van der Waals surface area contributed by atoms with Crippen LogP contribution in [0.25, 0.3) is 11.1 Å². The molecule has 2 aromatic carbocycles. The molecule has 33 heavy (non-hydrogen) atoms. The standard InChI is InChI=1S/C25H24FN3O4/c26-22-14-28-9-8-23(22)29-24(30)17-6-7-19(13-27)21(12-17)16-3-1-4-18(11-16)25(31)33-15-20-5-2-10-32-20/h1,3-4,6-9,11-12,14,20H,2,5,10,13,15,27H2,(H,28,29,30)/t20-/m1/s1. The molecule has 8 heteroatoms. The number of amides is 1. The van der Waals surface area contributed by atoms with Crippen LogP contribution in [0.15, 0.2) is 60.9 Å². The van der Waals surface area contributed by atoms with Crippen molar-refractivity contribution in [1.82, 2.24) is 4.98 Å². The first kappa shape index (κ1) is 22.6. The van der Waals surface area contributed by atoms with E-state index in [4.69, 9.17) is 15.2 Å². The van der Waals surface area contributed by atoms with Crippen molar-refractivity contribution in [2.75, 3.05) is 18.5 Å². The number of pyridine rings is 1. The summed E-state index contributed by atoms with van der Waals surface area (Å²) in [6.45, 7) is 1.15. The summed E-state index contributed by atoms with van der Waals surface area (Å²) in [5, 5.41) is 2.54. The highest BCUT2D eigenvalue weighted by molar-refractivity contribution is 6.05. The molecular weight excluding hydrogens is 425 g/mol. The van der Waals surface area contributed by atoms with Crippen molar-refractivity contribution in [3.8, 4) is 11.1 Å². The summed E-state index contributed by atoms with van der Waals surface area (Å²) in [7, 11) is 0. The second kappa shape index (κ2) is 10.3. The van der Waals surface area contributed by atoms with Gasteiger partial charge in [0.05, 0.1) is 23.6 Å². The number of aromatic nitrogens is 1. The average molecular weight is 449 g/mol. The molecule has 1 atom stereocenters. The summed E-state index contributed by atoms with van der Waals surface area (Å²) in [5.41, 5.74) is 8.88. The normalized spacial score (nSPS) is 15.3. The third-order valence-electron chi connectivity index (χ3n) is 5.45. The number of ether oxygens (including phenoxy) is 2. The van der Waals surface area contributed by atoms with Crippen LogP contribution in [-0.4, -0.2) is 36.2 Å². The van der Waals surface area contributed by atoms with E-state index in [1.54, 1.807) is 36.4 Å².